The van der Waals surface area contributed by atoms with E-state index in [2.05, 4.69) is 4.89 Å². The number of benzene rings is 2. The molecule has 2 aromatic carbocycles. The third-order valence-corrected chi connectivity index (χ3v) is 3.97. The lowest BCUT2D eigenvalue weighted by molar-refractivity contribution is 0.0665. The first kappa shape index (κ1) is 16.3. The second-order valence-electron chi connectivity index (χ2n) is 4.27. The first-order valence-electron chi connectivity index (χ1n) is 6.57. The Labute approximate surface area is 129 Å². The van der Waals surface area contributed by atoms with Crippen LogP contribution in [0.15, 0.2) is 59.5 Å². The maximum absolute atomic E-state index is 11.9. The lowest BCUT2D eigenvalue weighted by Crippen LogP contribution is -2.26. The van der Waals surface area contributed by atoms with Crippen molar-refractivity contribution >= 4 is 10.0 Å². The zero-order chi connectivity index (χ0) is 15.8. The van der Waals surface area contributed by atoms with Gasteiger partial charge < -0.3 is 9.47 Å². The maximum Gasteiger partial charge on any atom is 0.262 e. The van der Waals surface area contributed by atoms with Crippen molar-refractivity contribution in [3.8, 4) is 11.5 Å². The standard InChI is InChI=1S/C15H17NO5S/c1-19-13-7-9-15(10-8-13)22(17,18)16-21-12-11-20-14-5-3-2-4-6-14/h2-10,16H,11-12H2,1H3. The minimum absolute atomic E-state index is 0.0876. The summed E-state index contributed by atoms with van der Waals surface area (Å²) in [4.78, 5) is 7.08. The van der Waals surface area contributed by atoms with Gasteiger partial charge in [0.1, 0.15) is 24.7 Å². The molecule has 6 nitrogen and oxygen atoms in total. The molecule has 0 aromatic heterocycles. The van der Waals surface area contributed by atoms with Crippen LogP contribution in [0.3, 0.4) is 0 Å². The predicted molar refractivity (Wildman–Crippen MR) is 81.2 cm³/mol. The molecule has 7 heteroatoms. The first-order chi connectivity index (χ1) is 10.6. The van der Waals surface area contributed by atoms with E-state index in [-0.39, 0.29) is 18.1 Å². The van der Waals surface area contributed by atoms with Gasteiger partial charge in [-0.05, 0) is 36.4 Å². The molecule has 22 heavy (non-hydrogen) atoms. The average Bonchev–Trinajstić information content (AvgIpc) is 2.55. The van der Waals surface area contributed by atoms with Crippen LogP contribution < -0.4 is 14.4 Å². The fourth-order valence-corrected chi connectivity index (χ4v) is 2.47. The van der Waals surface area contributed by atoms with E-state index in [1.165, 1.54) is 19.2 Å². The monoisotopic (exact) mass is 323 g/mol. The SMILES string of the molecule is COc1ccc(S(=O)(=O)NOCCOc2ccccc2)cc1. The number of nitrogens with one attached hydrogen (secondary N) is 1. The van der Waals surface area contributed by atoms with Gasteiger partial charge >= 0.3 is 0 Å². The van der Waals surface area contributed by atoms with E-state index in [4.69, 9.17) is 14.3 Å². The van der Waals surface area contributed by atoms with E-state index in [1.54, 1.807) is 12.1 Å². The molecule has 0 spiro atoms. The van der Waals surface area contributed by atoms with Crippen molar-refractivity contribution in [2.75, 3.05) is 20.3 Å². The summed E-state index contributed by atoms with van der Waals surface area (Å²) in [6.45, 7) is 0.319. The van der Waals surface area contributed by atoms with Gasteiger partial charge in [0.2, 0.25) is 0 Å². The van der Waals surface area contributed by atoms with Crippen molar-refractivity contribution in [1.29, 1.82) is 0 Å². The number of hydrogen-bond acceptors (Lipinski definition) is 5. The van der Waals surface area contributed by atoms with Crippen molar-refractivity contribution in [2.24, 2.45) is 0 Å². The summed E-state index contributed by atoms with van der Waals surface area (Å²) >= 11 is 0. The molecule has 0 fully saturated rings. The number of ether oxygens (including phenoxy) is 2. The van der Waals surface area contributed by atoms with E-state index in [0.29, 0.717) is 11.5 Å². The number of hydrogen-bond donors (Lipinski definition) is 1. The molecule has 1 N–H and O–H groups in total. The van der Waals surface area contributed by atoms with Gasteiger partial charge in [0, 0.05) is 0 Å². The molecule has 2 aromatic rings. The van der Waals surface area contributed by atoms with Crippen molar-refractivity contribution in [3.05, 3.63) is 54.6 Å². The van der Waals surface area contributed by atoms with Crippen molar-refractivity contribution in [1.82, 2.24) is 4.89 Å². The minimum Gasteiger partial charge on any atom is -0.497 e. The van der Waals surface area contributed by atoms with Gasteiger partial charge in [0.15, 0.2) is 0 Å². The fourth-order valence-electron chi connectivity index (χ4n) is 1.64. The summed E-state index contributed by atoms with van der Waals surface area (Å²) in [6.07, 6.45) is 0. The molecule has 2 rings (SSSR count). The molecule has 0 aliphatic rings. The predicted octanol–water partition coefficient (Wildman–Crippen LogP) is 1.98. The zero-order valence-corrected chi connectivity index (χ0v) is 12.9. The lowest BCUT2D eigenvalue weighted by atomic mass is 10.3. The molecule has 0 saturated heterocycles. The zero-order valence-electron chi connectivity index (χ0n) is 12.1. The van der Waals surface area contributed by atoms with Crippen LogP contribution in [0.1, 0.15) is 0 Å². The Morgan fingerprint density at radius 1 is 0.909 bits per heavy atom. The summed E-state index contributed by atoms with van der Waals surface area (Å²) in [5.41, 5.74) is 0. The van der Waals surface area contributed by atoms with Crippen LogP contribution in [0.4, 0.5) is 0 Å². The Morgan fingerprint density at radius 3 is 2.23 bits per heavy atom. The molecule has 0 aliphatic carbocycles. The van der Waals surface area contributed by atoms with Gasteiger partial charge in [-0.1, -0.05) is 23.1 Å². The molecule has 0 unspecified atom stereocenters. The molecule has 118 valence electrons. The van der Waals surface area contributed by atoms with Crippen LogP contribution in [0.25, 0.3) is 0 Å². The van der Waals surface area contributed by atoms with Crippen LogP contribution in [-0.4, -0.2) is 28.7 Å². The molecule has 0 bridgehead atoms. The van der Waals surface area contributed by atoms with Crippen molar-refractivity contribution in [3.63, 3.8) is 0 Å². The van der Waals surface area contributed by atoms with E-state index in [1.807, 2.05) is 30.3 Å². The second kappa shape index (κ2) is 7.79. The topological polar surface area (TPSA) is 73.9 Å². The third-order valence-electron chi connectivity index (χ3n) is 2.74. The van der Waals surface area contributed by atoms with Gasteiger partial charge in [-0.3, -0.25) is 4.84 Å². The third kappa shape index (κ3) is 4.73. The number of methoxy groups -OCH3 is 1. The highest BCUT2D eigenvalue weighted by Gasteiger charge is 2.13. The van der Waals surface area contributed by atoms with Gasteiger partial charge in [-0.25, -0.2) is 8.42 Å². The van der Waals surface area contributed by atoms with E-state index in [9.17, 15) is 8.42 Å². The van der Waals surface area contributed by atoms with Crippen LogP contribution in [0.5, 0.6) is 11.5 Å². The molecule has 0 radical (unpaired) electrons. The minimum atomic E-state index is -3.71. The summed E-state index contributed by atoms with van der Waals surface area (Å²) in [7, 11) is -2.20. The summed E-state index contributed by atoms with van der Waals surface area (Å²) in [5.74, 6) is 1.28. The smallest absolute Gasteiger partial charge is 0.262 e. The summed E-state index contributed by atoms with van der Waals surface area (Å²) in [5, 5.41) is 0. The normalized spacial score (nSPS) is 11.1. The molecular formula is C15H17NO5S. The second-order valence-corrected chi connectivity index (χ2v) is 5.92. The van der Waals surface area contributed by atoms with E-state index < -0.39 is 10.0 Å². The highest BCUT2D eigenvalue weighted by molar-refractivity contribution is 7.89. The molecular weight excluding hydrogens is 306 g/mol. The van der Waals surface area contributed by atoms with Crippen LogP contribution in [-0.2, 0) is 14.9 Å². The Hall–Kier alpha value is -2.09. The van der Waals surface area contributed by atoms with Gasteiger partial charge in [-0.2, -0.15) is 0 Å². The van der Waals surface area contributed by atoms with Crippen molar-refractivity contribution < 1.29 is 22.7 Å². The number of sulfonamides is 1. The van der Waals surface area contributed by atoms with E-state index >= 15 is 0 Å². The highest BCUT2D eigenvalue weighted by Crippen LogP contribution is 2.15. The van der Waals surface area contributed by atoms with Gasteiger partial charge in [0.05, 0.1) is 12.0 Å². The Kier molecular flexibility index (Phi) is 5.76. The van der Waals surface area contributed by atoms with E-state index in [0.717, 1.165) is 0 Å². The number of rotatable bonds is 8. The number of para-hydroxylation sites is 1. The summed E-state index contributed by atoms with van der Waals surface area (Å²) < 4.78 is 34.2. The van der Waals surface area contributed by atoms with Crippen LogP contribution in [0, 0.1) is 0 Å². The Balaban J connectivity index is 1.77. The molecule has 0 aliphatic heterocycles. The Bertz CT molecular complexity index is 671. The molecule has 0 amide bonds. The largest absolute Gasteiger partial charge is 0.497 e. The summed E-state index contributed by atoms with van der Waals surface area (Å²) in [6, 6.07) is 15.2. The van der Waals surface area contributed by atoms with Gasteiger partial charge in [0.25, 0.3) is 10.0 Å². The molecule has 0 atom stereocenters. The molecule has 0 heterocycles. The Morgan fingerprint density at radius 2 is 1.59 bits per heavy atom. The van der Waals surface area contributed by atoms with Crippen molar-refractivity contribution in [2.45, 2.75) is 4.90 Å². The van der Waals surface area contributed by atoms with Crippen LogP contribution >= 0.6 is 0 Å². The molecule has 0 saturated carbocycles. The fraction of sp³-hybridized carbons (Fsp3) is 0.200. The quantitative estimate of drug-likeness (QED) is 0.594. The first-order valence-corrected chi connectivity index (χ1v) is 8.05. The maximum atomic E-state index is 11.9. The average molecular weight is 323 g/mol. The lowest BCUT2D eigenvalue weighted by Gasteiger charge is -2.09. The van der Waals surface area contributed by atoms with Crippen LogP contribution in [0.2, 0.25) is 0 Å². The highest BCUT2D eigenvalue weighted by atomic mass is 32.2. The van der Waals surface area contributed by atoms with Gasteiger partial charge in [-0.15, -0.1) is 0 Å².